The normalized spacial score (nSPS) is 11.5. The van der Waals surface area contributed by atoms with E-state index in [-0.39, 0.29) is 12.0 Å². The van der Waals surface area contributed by atoms with E-state index < -0.39 is 5.41 Å². The van der Waals surface area contributed by atoms with Gasteiger partial charge in [0.05, 0.1) is 11.5 Å². The first kappa shape index (κ1) is 15.5. The number of hydrogen-bond donors (Lipinski definition) is 2. The van der Waals surface area contributed by atoms with Crippen LogP contribution in [0.1, 0.15) is 33.3 Å². The van der Waals surface area contributed by atoms with E-state index in [1.165, 1.54) is 0 Å². The van der Waals surface area contributed by atoms with E-state index in [2.05, 4.69) is 5.32 Å². The van der Waals surface area contributed by atoms with Crippen molar-refractivity contribution < 1.29 is 9.53 Å². The molecule has 0 atom stereocenters. The molecule has 0 spiro atoms. The first-order valence-corrected chi connectivity index (χ1v) is 6.59. The molecule has 3 N–H and O–H groups in total. The van der Waals surface area contributed by atoms with Crippen LogP contribution < -0.4 is 15.8 Å². The van der Waals surface area contributed by atoms with E-state index in [1.807, 2.05) is 52.0 Å². The van der Waals surface area contributed by atoms with Crippen LogP contribution in [0.3, 0.4) is 0 Å². The Morgan fingerprint density at radius 2 is 1.89 bits per heavy atom. The van der Waals surface area contributed by atoms with Crippen molar-refractivity contribution in [1.82, 2.24) is 5.32 Å². The Morgan fingerprint density at radius 3 is 2.37 bits per heavy atom. The molecule has 0 bridgehead atoms. The van der Waals surface area contributed by atoms with E-state index >= 15 is 0 Å². The molecule has 19 heavy (non-hydrogen) atoms. The Labute approximate surface area is 115 Å². The van der Waals surface area contributed by atoms with Crippen LogP contribution in [0.15, 0.2) is 24.3 Å². The zero-order valence-electron chi connectivity index (χ0n) is 12.2. The standard InChI is InChI=1S/C15H24N2O2/c1-11(2)19-13-7-5-12(6-8-13)9-17-14(18)15(3,4)10-16/h5-8,11H,9-10,16H2,1-4H3,(H,17,18). The maximum absolute atomic E-state index is 11.9. The smallest absolute Gasteiger partial charge is 0.227 e. The molecule has 4 nitrogen and oxygen atoms in total. The molecule has 0 heterocycles. The highest BCUT2D eigenvalue weighted by Gasteiger charge is 2.25. The largest absolute Gasteiger partial charge is 0.491 e. The van der Waals surface area contributed by atoms with Crippen LogP contribution in [-0.2, 0) is 11.3 Å². The minimum Gasteiger partial charge on any atom is -0.491 e. The lowest BCUT2D eigenvalue weighted by atomic mass is 9.92. The van der Waals surface area contributed by atoms with Crippen LogP contribution in [0.2, 0.25) is 0 Å². The molecule has 0 aliphatic carbocycles. The quantitative estimate of drug-likeness (QED) is 0.826. The summed E-state index contributed by atoms with van der Waals surface area (Å²) in [4.78, 5) is 11.9. The molecule has 4 heteroatoms. The molecule has 106 valence electrons. The summed E-state index contributed by atoms with van der Waals surface area (Å²) < 4.78 is 5.56. The van der Waals surface area contributed by atoms with Crippen molar-refractivity contribution in [2.24, 2.45) is 11.1 Å². The molecule has 0 aliphatic rings. The van der Waals surface area contributed by atoms with Gasteiger partial charge in [-0.3, -0.25) is 4.79 Å². The van der Waals surface area contributed by atoms with E-state index in [0.29, 0.717) is 13.1 Å². The monoisotopic (exact) mass is 264 g/mol. The topological polar surface area (TPSA) is 64.3 Å². The van der Waals surface area contributed by atoms with Crippen molar-refractivity contribution in [3.63, 3.8) is 0 Å². The number of rotatable bonds is 6. The van der Waals surface area contributed by atoms with Gasteiger partial charge in [-0.2, -0.15) is 0 Å². The molecule has 0 aromatic heterocycles. The first-order valence-electron chi connectivity index (χ1n) is 6.59. The Morgan fingerprint density at radius 1 is 1.32 bits per heavy atom. The third-order valence-electron chi connectivity index (χ3n) is 2.87. The zero-order valence-corrected chi connectivity index (χ0v) is 12.2. The van der Waals surface area contributed by atoms with E-state index in [9.17, 15) is 4.79 Å². The molecule has 1 aromatic carbocycles. The van der Waals surface area contributed by atoms with Crippen LogP contribution in [-0.4, -0.2) is 18.6 Å². The van der Waals surface area contributed by atoms with Gasteiger partial charge in [0.25, 0.3) is 0 Å². The third-order valence-corrected chi connectivity index (χ3v) is 2.87. The second-order valence-corrected chi connectivity index (χ2v) is 5.58. The molecular formula is C15H24N2O2. The minimum atomic E-state index is -0.527. The maximum atomic E-state index is 11.9. The summed E-state index contributed by atoms with van der Waals surface area (Å²) in [5.74, 6) is 0.810. The molecule has 0 unspecified atom stereocenters. The van der Waals surface area contributed by atoms with Gasteiger partial charge in [-0.05, 0) is 45.4 Å². The van der Waals surface area contributed by atoms with Gasteiger partial charge in [0, 0.05) is 13.1 Å². The summed E-state index contributed by atoms with van der Waals surface area (Å²) >= 11 is 0. The highest BCUT2D eigenvalue weighted by molar-refractivity contribution is 5.81. The average Bonchev–Trinajstić information content (AvgIpc) is 2.36. The summed E-state index contributed by atoms with van der Waals surface area (Å²) in [5.41, 5.74) is 6.08. The van der Waals surface area contributed by atoms with Crippen molar-refractivity contribution in [3.05, 3.63) is 29.8 Å². The fraction of sp³-hybridized carbons (Fsp3) is 0.533. The van der Waals surface area contributed by atoms with Gasteiger partial charge in [-0.25, -0.2) is 0 Å². The van der Waals surface area contributed by atoms with Crippen LogP contribution in [0.5, 0.6) is 5.75 Å². The molecule has 0 saturated carbocycles. The van der Waals surface area contributed by atoms with Crippen molar-refractivity contribution in [2.45, 2.75) is 40.3 Å². The molecule has 0 saturated heterocycles. The molecule has 0 aliphatic heterocycles. The van der Waals surface area contributed by atoms with E-state index in [0.717, 1.165) is 11.3 Å². The number of carbonyl (C=O) groups excluding carboxylic acids is 1. The number of benzene rings is 1. The number of carbonyl (C=O) groups is 1. The summed E-state index contributed by atoms with van der Waals surface area (Å²) in [7, 11) is 0. The maximum Gasteiger partial charge on any atom is 0.227 e. The lowest BCUT2D eigenvalue weighted by Crippen LogP contribution is -2.41. The Balaban J connectivity index is 2.53. The second kappa shape index (κ2) is 6.57. The fourth-order valence-corrected chi connectivity index (χ4v) is 1.47. The SMILES string of the molecule is CC(C)Oc1ccc(CNC(=O)C(C)(C)CN)cc1. The van der Waals surface area contributed by atoms with Gasteiger partial charge in [0.1, 0.15) is 5.75 Å². The van der Waals surface area contributed by atoms with Crippen LogP contribution in [0.4, 0.5) is 0 Å². The van der Waals surface area contributed by atoms with Crippen molar-refractivity contribution in [2.75, 3.05) is 6.54 Å². The zero-order chi connectivity index (χ0) is 14.5. The molecular weight excluding hydrogens is 240 g/mol. The van der Waals surface area contributed by atoms with Crippen LogP contribution in [0, 0.1) is 5.41 Å². The summed E-state index contributed by atoms with van der Waals surface area (Å²) in [6, 6.07) is 7.73. The average molecular weight is 264 g/mol. The lowest BCUT2D eigenvalue weighted by molar-refractivity contribution is -0.129. The Bertz CT molecular complexity index is 411. The molecule has 1 rings (SSSR count). The van der Waals surface area contributed by atoms with Gasteiger partial charge in [0.15, 0.2) is 0 Å². The predicted octanol–water partition coefficient (Wildman–Crippen LogP) is 2.07. The summed E-state index contributed by atoms with van der Waals surface area (Å²) in [5, 5.41) is 2.89. The number of ether oxygens (including phenoxy) is 1. The van der Waals surface area contributed by atoms with Crippen molar-refractivity contribution >= 4 is 5.91 Å². The van der Waals surface area contributed by atoms with Crippen LogP contribution >= 0.6 is 0 Å². The van der Waals surface area contributed by atoms with Gasteiger partial charge in [-0.15, -0.1) is 0 Å². The van der Waals surface area contributed by atoms with Gasteiger partial charge in [0.2, 0.25) is 5.91 Å². The Kier molecular flexibility index (Phi) is 5.36. The number of nitrogens with two attached hydrogens (primary N) is 1. The third kappa shape index (κ3) is 4.91. The van der Waals surface area contributed by atoms with E-state index in [4.69, 9.17) is 10.5 Å². The second-order valence-electron chi connectivity index (χ2n) is 5.58. The number of amides is 1. The fourth-order valence-electron chi connectivity index (χ4n) is 1.47. The predicted molar refractivity (Wildman–Crippen MR) is 76.9 cm³/mol. The molecule has 1 amide bonds. The minimum absolute atomic E-state index is 0.0301. The first-order chi connectivity index (χ1) is 8.85. The van der Waals surface area contributed by atoms with E-state index in [1.54, 1.807) is 0 Å². The highest BCUT2D eigenvalue weighted by atomic mass is 16.5. The highest BCUT2D eigenvalue weighted by Crippen LogP contribution is 2.15. The van der Waals surface area contributed by atoms with Crippen molar-refractivity contribution in [1.29, 1.82) is 0 Å². The number of hydrogen-bond acceptors (Lipinski definition) is 3. The lowest BCUT2D eigenvalue weighted by Gasteiger charge is -2.21. The van der Waals surface area contributed by atoms with Gasteiger partial charge in [-0.1, -0.05) is 12.1 Å². The summed E-state index contributed by atoms with van der Waals surface area (Å²) in [6.07, 6.45) is 0.163. The summed E-state index contributed by atoms with van der Waals surface area (Å²) in [6.45, 7) is 8.49. The number of nitrogens with one attached hydrogen (secondary N) is 1. The molecule has 1 aromatic rings. The molecule has 0 radical (unpaired) electrons. The molecule has 0 fully saturated rings. The van der Waals surface area contributed by atoms with Crippen LogP contribution in [0.25, 0.3) is 0 Å². The van der Waals surface area contributed by atoms with Gasteiger partial charge >= 0.3 is 0 Å². The van der Waals surface area contributed by atoms with Gasteiger partial charge < -0.3 is 15.8 Å². The van der Waals surface area contributed by atoms with Crippen molar-refractivity contribution in [3.8, 4) is 5.75 Å². The Hall–Kier alpha value is -1.55.